The summed E-state index contributed by atoms with van der Waals surface area (Å²) in [6, 6.07) is 0. The molecule has 0 aliphatic rings. The summed E-state index contributed by atoms with van der Waals surface area (Å²) in [6.07, 6.45) is 0.509. The zero-order valence-corrected chi connectivity index (χ0v) is 8.30. The molecule has 0 aliphatic carbocycles. The summed E-state index contributed by atoms with van der Waals surface area (Å²) >= 11 is 0. The molecule has 0 radical (unpaired) electrons. The number of hydrogen-bond donors (Lipinski definition) is 0. The fourth-order valence-corrected chi connectivity index (χ4v) is 1.04. The van der Waals surface area contributed by atoms with Crippen molar-refractivity contribution in [1.82, 2.24) is 4.90 Å². The SMILES string of the molecule is CCOCCC(=O)N(CC)CC. The zero-order valence-electron chi connectivity index (χ0n) is 8.30. The second-order valence-electron chi connectivity index (χ2n) is 2.51. The lowest BCUT2D eigenvalue weighted by atomic mass is 10.3. The number of carbonyl (C=O) groups is 1. The topological polar surface area (TPSA) is 29.5 Å². The van der Waals surface area contributed by atoms with Crippen LogP contribution in [0.15, 0.2) is 0 Å². The Morgan fingerprint density at radius 1 is 1.25 bits per heavy atom. The van der Waals surface area contributed by atoms with E-state index < -0.39 is 0 Å². The lowest BCUT2D eigenvalue weighted by Gasteiger charge is -2.18. The Morgan fingerprint density at radius 3 is 2.25 bits per heavy atom. The van der Waals surface area contributed by atoms with E-state index in [0.29, 0.717) is 19.6 Å². The van der Waals surface area contributed by atoms with Crippen LogP contribution >= 0.6 is 0 Å². The molecule has 0 spiro atoms. The first-order chi connectivity index (χ1) is 5.76. The predicted molar refractivity (Wildman–Crippen MR) is 49.0 cm³/mol. The van der Waals surface area contributed by atoms with Crippen molar-refractivity contribution in [1.29, 1.82) is 0 Å². The minimum Gasteiger partial charge on any atom is -0.381 e. The Kier molecular flexibility index (Phi) is 6.76. The van der Waals surface area contributed by atoms with Crippen molar-refractivity contribution in [2.75, 3.05) is 26.3 Å². The quantitative estimate of drug-likeness (QED) is 0.566. The van der Waals surface area contributed by atoms with E-state index in [1.54, 1.807) is 0 Å². The summed E-state index contributed by atoms with van der Waals surface area (Å²) in [6.45, 7) is 8.73. The highest BCUT2D eigenvalue weighted by Gasteiger charge is 2.07. The van der Waals surface area contributed by atoms with Gasteiger partial charge in [-0.15, -0.1) is 0 Å². The summed E-state index contributed by atoms with van der Waals surface area (Å²) in [4.78, 5) is 13.1. The third-order valence-electron chi connectivity index (χ3n) is 1.78. The zero-order chi connectivity index (χ0) is 9.40. The lowest BCUT2D eigenvalue weighted by Crippen LogP contribution is -2.31. The van der Waals surface area contributed by atoms with Crippen LogP contribution in [0.2, 0.25) is 0 Å². The first-order valence-electron chi connectivity index (χ1n) is 4.61. The van der Waals surface area contributed by atoms with E-state index in [0.717, 1.165) is 13.1 Å². The van der Waals surface area contributed by atoms with Crippen molar-refractivity contribution in [3.8, 4) is 0 Å². The highest BCUT2D eigenvalue weighted by molar-refractivity contribution is 5.76. The first-order valence-corrected chi connectivity index (χ1v) is 4.61. The maximum absolute atomic E-state index is 11.3. The van der Waals surface area contributed by atoms with E-state index in [4.69, 9.17) is 4.74 Å². The summed E-state index contributed by atoms with van der Waals surface area (Å²) in [5.74, 6) is 0.188. The minimum absolute atomic E-state index is 0.188. The number of hydrogen-bond acceptors (Lipinski definition) is 2. The Labute approximate surface area is 74.7 Å². The number of amides is 1. The summed E-state index contributed by atoms with van der Waals surface area (Å²) in [5.41, 5.74) is 0. The Bertz CT molecular complexity index is 122. The van der Waals surface area contributed by atoms with E-state index >= 15 is 0 Å². The van der Waals surface area contributed by atoms with Crippen LogP contribution in [-0.4, -0.2) is 37.1 Å². The van der Waals surface area contributed by atoms with Crippen molar-refractivity contribution in [3.05, 3.63) is 0 Å². The molecule has 0 aromatic heterocycles. The van der Waals surface area contributed by atoms with Crippen LogP contribution in [0.1, 0.15) is 27.2 Å². The predicted octanol–water partition coefficient (Wildman–Crippen LogP) is 1.28. The van der Waals surface area contributed by atoms with E-state index in [9.17, 15) is 4.79 Å². The Morgan fingerprint density at radius 2 is 1.83 bits per heavy atom. The van der Waals surface area contributed by atoms with Gasteiger partial charge in [-0.3, -0.25) is 4.79 Å². The van der Waals surface area contributed by atoms with Crippen LogP contribution in [0.5, 0.6) is 0 Å². The van der Waals surface area contributed by atoms with Crippen LogP contribution in [0.3, 0.4) is 0 Å². The van der Waals surface area contributed by atoms with Crippen LogP contribution in [0.25, 0.3) is 0 Å². The monoisotopic (exact) mass is 173 g/mol. The Hall–Kier alpha value is -0.570. The average molecular weight is 173 g/mol. The van der Waals surface area contributed by atoms with Crippen molar-refractivity contribution < 1.29 is 9.53 Å². The largest absolute Gasteiger partial charge is 0.381 e. The molecule has 0 aromatic rings. The number of nitrogens with zero attached hydrogens (tertiary/aromatic N) is 1. The Balaban J connectivity index is 3.54. The number of rotatable bonds is 6. The molecule has 3 nitrogen and oxygen atoms in total. The van der Waals surface area contributed by atoms with Gasteiger partial charge in [0, 0.05) is 19.7 Å². The molecule has 0 rings (SSSR count). The summed E-state index contributed by atoms with van der Waals surface area (Å²) < 4.78 is 5.10. The van der Waals surface area contributed by atoms with Gasteiger partial charge >= 0.3 is 0 Å². The van der Waals surface area contributed by atoms with Gasteiger partial charge in [0.2, 0.25) is 5.91 Å². The molecule has 0 unspecified atom stereocenters. The van der Waals surface area contributed by atoms with Gasteiger partial charge in [-0.1, -0.05) is 0 Å². The van der Waals surface area contributed by atoms with Crippen molar-refractivity contribution in [3.63, 3.8) is 0 Å². The van der Waals surface area contributed by atoms with Crippen LogP contribution in [-0.2, 0) is 9.53 Å². The molecule has 0 saturated heterocycles. The highest BCUT2D eigenvalue weighted by Crippen LogP contribution is 1.93. The number of ether oxygens (including phenoxy) is 1. The first kappa shape index (κ1) is 11.4. The maximum atomic E-state index is 11.3. The molecule has 0 aromatic carbocycles. The molecule has 0 aliphatic heterocycles. The van der Waals surface area contributed by atoms with Gasteiger partial charge in [0.1, 0.15) is 0 Å². The molecule has 0 bridgehead atoms. The van der Waals surface area contributed by atoms with Gasteiger partial charge in [0.25, 0.3) is 0 Å². The van der Waals surface area contributed by atoms with Gasteiger partial charge in [-0.05, 0) is 20.8 Å². The highest BCUT2D eigenvalue weighted by atomic mass is 16.5. The normalized spacial score (nSPS) is 9.92. The fourth-order valence-electron chi connectivity index (χ4n) is 1.04. The number of carbonyl (C=O) groups excluding carboxylic acids is 1. The summed E-state index contributed by atoms with van der Waals surface area (Å²) in [7, 11) is 0. The average Bonchev–Trinajstić information content (AvgIpc) is 2.07. The van der Waals surface area contributed by atoms with Crippen LogP contribution in [0, 0.1) is 0 Å². The van der Waals surface area contributed by atoms with Gasteiger partial charge in [0.15, 0.2) is 0 Å². The second kappa shape index (κ2) is 7.10. The van der Waals surface area contributed by atoms with Gasteiger partial charge in [-0.2, -0.15) is 0 Å². The van der Waals surface area contributed by atoms with E-state index in [-0.39, 0.29) is 5.91 Å². The van der Waals surface area contributed by atoms with Gasteiger partial charge in [-0.25, -0.2) is 0 Å². The smallest absolute Gasteiger partial charge is 0.224 e. The van der Waals surface area contributed by atoms with E-state index in [2.05, 4.69) is 0 Å². The van der Waals surface area contributed by atoms with Crippen molar-refractivity contribution >= 4 is 5.91 Å². The molecule has 0 fully saturated rings. The van der Waals surface area contributed by atoms with Crippen molar-refractivity contribution in [2.45, 2.75) is 27.2 Å². The molecular formula is C9H19NO2. The fraction of sp³-hybridized carbons (Fsp3) is 0.889. The maximum Gasteiger partial charge on any atom is 0.224 e. The molecule has 72 valence electrons. The van der Waals surface area contributed by atoms with Crippen molar-refractivity contribution in [2.24, 2.45) is 0 Å². The summed E-state index contributed by atoms with van der Waals surface area (Å²) in [5, 5.41) is 0. The minimum atomic E-state index is 0.188. The molecule has 1 amide bonds. The molecule has 12 heavy (non-hydrogen) atoms. The molecule has 0 heterocycles. The second-order valence-corrected chi connectivity index (χ2v) is 2.51. The third kappa shape index (κ3) is 4.34. The van der Waals surface area contributed by atoms with Crippen LogP contribution in [0.4, 0.5) is 0 Å². The standard InChI is InChI=1S/C9H19NO2/c1-4-10(5-2)9(11)7-8-12-6-3/h4-8H2,1-3H3. The lowest BCUT2D eigenvalue weighted by molar-refractivity contribution is -0.131. The van der Waals surface area contributed by atoms with E-state index in [1.807, 2.05) is 25.7 Å². The van der Waals surface area contributed by atoms with Gasteiger partial charge < -0.3 is 9.64 Å². The molecule has 0 N–H and O–H groups in total. The third-order valence-corrected chi connectivity index (χ3v) is 1.78. The molecule has 0 atom stereocenters. The van der Waals surface area contributed by atoms with E-state index in [1.165, 1.54) is 0 Å². The molecule has 3 heteroatoms. The molecule has 0 saturated carbocycles. The van der Waals surface area contributed by atoms with Crippen LogP contribution < -0.4 is 0 Å². The molecular weight excluding hydrogens is 154 g/mol. The van der Waals surface area contributed by atoms with Gasteiger partial charge in [0.05, 0.1) is 13.0 Å².